The topological polar surface area (TPSA) is 43.4 Å². The van der Waals surface area contributed by atoms with E-state index in [1.54, 1.807) is 6.07 Å². The predicted molar refractivity (Wildman–Crippen MR) is 56.3 cm³/mol. The Morgan fingerprint density at radius 3 is 2.64 bits per heavy atom. The van der Waals surface area contributed by atoms with Crippen LogP contribution in [0.1, 0.15) is 20.7 Å². The minimum atomic E-state index is -0.661. The molecule has 1 rings (SSSR count). The van der Waals surface area contributed by atoms with Crippen molar-refractivity contribution in [3.05, 3.63) is 27.7 Å². The van der Waals surface area contributed by atoms with E-state index < -0.39 is 5.24 Å². The second kappa shape index (κ2) is 4.57. The van der Waals surface area contributed by atoms with Gasteiger partial charge >= 0.3 is 0 Å². The zero-order valence-corrected chi connectivity index (χ0v) is 9.55. The highest BCUT2D eigenvalue weighted by Crippen LogP contribution is 2.28. The molecule has 1 aromatic carbocycles. The third kappa shape index (κ3) is 2.13. The normalized spacial score (nSPS) is 9.64. The Morgan fingerprint density at radius 1 is 1.57 bits per heavy atom. The second-order valence-corrected chi connectivity index (χ2v) is 3.73. The Bertz CT molecular complexity index is 390. The smallest absolute Gasteiger partial charge is 0.256 e. The van der Waals surface area contributed by atoms with Crippen molar-refractivity contribution < 1.29 is 14.3 Å². The molecule has 14 heavy (non-hydrogen) atoms. The molecular weight excluding hydrogens is 271 g/mol. The number of carbonyl (C=O) groups is 2. The summed E-state index contributed by atoms with van der Waals surface area (Å²) in [7, 11) is 1.37. The number of ether oxygens (including phenoxy) is 1. The van der Waals surface area contributed by atoms with Gasteiger partial charge in [-0.15, -0.1) is 0 Å². The summed E-state index contributed by atoms with van der Waals surface area (Å²) < 4.78 is 5.53. The molecule has 0 aliphatic heterocycles. The molecule has 0 fully saturated rings. The second-order valence-electron chi connectivity index (χ2n) is 2.47. The molecule has 3 nitrogen and oxygen atoms in total. The number of methoxy groups -OCH3 is 1. The Morgan fingerprint density at radius 2 is 2.21 bits per heavy atom. The van der Waals surface area contributed by atoms with E-state index >= 15 is 0 Å². The summed E-state index contributed by atoms with van der Waals surface area (Å²) in [5.74, 6) is 0.197. The molecule has 0 radical (unpaired) electrons. The molecular formula is C9H6BrClO3. The number of benzene rings is 1. The maximum Gasteiger partial charge on any atom is 0.256 e. The number of rotatable bonds is 3. The van der Waals surface area contributed by atoms with Gasteiger partial charge in [0.1, 0.15) is 5.75 Å². The fourth-order valence-corrected chi connectivity index (χ4v) is 1.69. The molecule has 0 N–H and O–H groups in total. The molecule has 0 unspecified atom stereocenters. The molecule has 1 aromatic rings. The zero-order chi connectivity index (χ0) is 10.7. The molecule has 0 spiro atoms. The first-order chi connectivity index (χ1) is 6.60. The number of hydrogen-bond acceptors (Lipinski definition) is 3. The van der Waals surface area contributed by atoms with E-state index in [4.69, 9.17) is 16.3 Å². The van der Waals surface area contributed by atoms with E-state index in [0.29, 0.717) is 10.8 Å². The first-order valence-corrected chi connectivity index (χ1v) is 4.79. The van der Waals surface area contributed by atoms with Gasteiger partial charge in [-0.3, -0.25) is 9.59 Å². The first-order valence-electron chi connectivity index (χ1n) is 3.62. The van der Waals surface area contributed by atoms with E-state index in [2.05, 4.69) is 15.9 Å². The molecule has 5 heteroatoms. The fourth-order valence-electron chi connectivity index (χ4n) is 1.08. The highest BCUT2D eigenvalue weighted by molar-refractivity contribution is 9.10. The highest BCUT2D eigenvalue weighted by Gasteiger charge is 2.15. The molecule has 0 aliphatic rings. The lowest BCUT2D eigenvalue weighted by atomic mass is 10.1. The van der Waals surface area contributed by atoms with Crippen molar-refractivity contribution in [2.45, 2.75) is 0 Å². The predicted octanol–water partition coefficient (Wildman–Crippen LogP) is 2.65. The Labute approximate surface area is 94.1 Å². The van der Waals surface area contributed by atoms with Crippen LogP contribution in [0.15, 0.2) is 16.6 Å². The molecule has 0 saturated heterocycles. The van der Waals surface area contributed by atoms with Crippen LogP contribution in [-0.4, -0.2) is 18.6 Å². The van der Waals surface area contributed by atoms with Crippen molar-refractivity contribution in [1.82, 2.24) is 0 Å². The highest BCUT2D eigenvalue weighted by atomic mass is 79.9. The molecule has 0 atom stereocenters. The van der Waals surface area contributed by atoms with Gasteiger partial charge in [-0.05, 0) is 23.7 Å². The zero-order valence-electron chi connectivity index (χ0n) is 7.21. The van der Waals surface area contributed by atoms with Crippen molar-refractivity contribution in [3.8, 4) is 5.75 Å². The summed E-state index contributed by atoms with van der Waals surface area (Å²) >= 11 is 8.49. The van der Waals surface area contributed by atoms with Gasteiger partial charge in [-0.1, -0.05) is 15.9 Å². The van der Waals surface area contributed by atoms with Gasteiger partial charge in [-0.2, -0.15) is 0 Å². The van der Waals surface area contributed by atoms with Gasteiger partial charge in [-0.25, -0.2) is 0 Å². The van der Waals surface area contributed by atoms with Gasteiger partial charge in [0.25, 0.3) is 5.24 Å². The van der Waals surface area contributed by atoms with E-state index in [1.807, 2.05) is 0 Å². The van der Waals surface area contributed by atoms with Gasteiger partial charge in [0, 0.05) is 4.47 Å². The van der Waals surface area contributed by atoms with Gasteiger partial charge < -0.3 is 4.74 Å². The monoisotopic (exact) mass is 276 g/mol. The van der Waals surface area contributed by atoms with Crippen LogP contribution in [0.4, 0.5) is 0 Å². The third-order valence-corrected chi connectivity index (χ3v) is 2.29. The van der Waals surface area contributed by atoms with Crippen LogP contribution in [0.25, 0.3) is 0 Å². The van der Waals surface area contributed by atoms with E-state index in [1.165, 1.54) is 13.2 Å². The first kappa shape index (κ1) is 11.2. The van der Waals surface area contributed by atoms with Crippen LogP contribution in [0.2, 0.25) is 0 Å². The maximum absolute atomic E-state index is 11.0. The van der Waals surface area contributed by atoms with Crippen LogP contribution in [0.3, 0.4) is 0 Å². The van der Waals surface area contributed by atoms with Crippen LogP contribution in [-0.2, 0) is 0 Å². The average Bonchev–Trinajstić information content (AvgIpc) is 2.16. The van der Waals surface area contributed by atoms with E-state index in [-0.39, 0.29) is 16.9 Å². The fraction of sp³-hybridized carbons (Fsp3) is 0.111. The summed E-state index contributed by atoms with van der Waals surface area (Å²) in [6.07, 6.45) is 0.604. The third-order valence-electron chi connectivity index (χ3n) is 1.63. The van der Waals surface area contributed by atoms with Crippen LogP contribution in [0.5, 0.6) is 5.75 Å². The lowest BCUT2D eigenvalue weighted by molar-refractivity contribution is 0.107. The summed E-state index contributed by atoms with van der Waals surface area (Å²) in [4.78, 5) is 21.7. The average molecular weight is 278 g/mol. The molecule has 0 aliphatic carbocycles. The number of aldehydes is 1. The summed E-state index contributed by atoms with van der Waals surface area (Å²) in [6, 6.07) is 3.05. The van der Waals surface area contributed by atoms with Crippen LogP contribution < -0.4 is 4.74 Å². The van der Waals surface area contributed by atoms with Gasteiger partial charge in [0.05, 0.1) is 18.2 Å². The van der Waals surface area contributed by atoms with E-state index in [9.17, 15) is 9.59 Å². The molecule has 74 valence electrons. The van der Waals surface area contributed by atoms with Gasteiger partial charge in [0.2, 0.25) is 0 Å². The summed E-state index contributed by atoms with van der Waals surface area (Å²) in [5, 5.41) is -0.661. The van der Waals surface area contributed by atoms with Crippen LogP contribution >= 0.6 is 27.5 Å². The van der Waals surface area contributed by atoms with Crippen molar-refractivity contribution >= 4 is 39.1 Å². The van der Waals surface area contributed by atoms with E-state index in [0.717, 1.165) is 0 Å². The van der Waals surface area contributed by atoms with Crippen molar-refractivity contribution in [2.24, 2.45) is 0 Å². The van der Waals surface area contributed by atoms with Crippen molar-refractivity contribution in [1.29, 1.82) is 0 Å². The molecule has 0 heterocycles. The Balaban J connectivity index is 3.46. The Kier molecular flexibility index (Phi) is 3.66. The SMILES string of the molecule is COc1c(C=O)cc(Br)cc1C(=O)Cl. The van der Waals surface area contributed by atoms with Crippen molar-refractivity contribution in [3.63, 3.8) is 0 Å². The summed E-state index contributed by atoms with van der Waals surface area (Å²) in [6.45, 7) is 0. The maximum atomic E-state index is 11.0. The number of carbonyl (C=O) groups excluding carboxylic acids is 2. The molecule has 0 aromatic heterocycles. The molecule has 0 amide bonds. The lowest BCUT2D eigenvalue weighted by Crippen LogP contribution is -1.99. The minimum Gasteiger partial charge on any atom is -0.495 e. The molecule has 0 saturated carbocycles. The largest absolute Gasteiger partial charge is 0.495 e. The quantitative estimate of drug-likeness (QED) is 0.630. The summed E-state index contributed by atoms with van der Waals surface area (Å²) in [5.41, 5.74) is 0.455. The van der Waals surface area contributed by atoms with Crippen molar-refractivity contribution in [2.75, 3.05) is 7.11 Å². The van der Waals surface area contributed by atoms with Crippen LogP contribution in [0, 0.1) is 0 Å². The number of halogens is 2. The molecule has 0 bridgehead atoms. The van der Waals surface area contributed by atoms with Gasteiger partial charge in [0.15, 0.2) is 6.29 Å². The lowest BCUT2D eigenvalue weighted by Gasteiger charge is -2.07. The minimum absolute atomic E-state index is 0.172. The standard InChI is InChI=1S/C9H6BrClO3/c1-14-8-5(4-12)2-6(10)3-7(8)9(11)13/h2-4H,1H3. The number of hydrogen-bond donors (Lipinski definition) is 0. The Hall–Kier alpha value is -0.870.